The summed E-state index contributed by atoms with van der Waals surface area (Å²) in [7, 11) is 1.18. The minimum absolute atomic E-state index is 0.00911. The number of hydrogen-bond donors (Lipinski definition) is 4. The van der Waals surface area contributed by atoms with Crippen molar-refractivity contribution in [1.82, 2.24) is 25.5 Å². The van der Waals surface area contributed by atoms with Gasteiger partial charge in [-0.15, -0.1) is 0 Å². The van der Waals surface area contributed by atoms with E-state index in [1.54, 1.807) is 19.9 Å². The Morgan fingerprint density at radius 1 is 1.16 bits per heavy atom. The molecule has 4 heterocycles. The van der Waals surface area contributed by atoms with Crippen molar-refractivity contribution >= 4 is 34.8 Å². The van der Waals surface area contributed by atoms with Crippen LogP contribution in [-0.4, -0.2) is 64.5 Å². The molecular formula is C34H36FN5O9. The van der Waals surface area contributed by atoms with Crippen molar-refractivity contribution in [2.45, 2.75) is 82.8 Å². The molecule has 258 valence electrons. The number of halogens is 1. The Hall–Kier alpha value is -4.89. The van der Waals surface area contributed by atoms with Crippen molar-refractivity contribution in [3.8, 4) is 11.4 Å². The molecule has 0 saturated heterocycles. The molecule has 3 amide bonds. The highest BCUT2D eigenvalue weighted by molar-refractivity contribution is 5.94. The number of carbonyl (C=O) groups is 4. The molecule has 4 N–H and O–H groups in total. The second-order valence-corrected chi connectivity index (χ2v) is 13.0. The molecule has 2 aliphatic carbocycles. The first-order chi connectivity index (χ1) is 23.4. The van der Waals surface area contributed by atoms with Gasteiger partial charge in [-0.1, -0.05) is 6.92 Å². The van der Waals surface area contributed by atoms with Gasteiger partial charge in [-0.3, -0.25) is 14.4 Å². The van der Waals surface area contributed by atoms with E-state index in [-0.39, 0.29) is 49.9 Å². The molecule has 0 radical (unpaired) electrons. The summed E-state index contributed by atoms with van der Waals surface area (Å²) in [4.78, 5) is 68.7. The van der Waals surface area contributed by atoms with E-state index in [1.807, 2.05) is 0 Å². The largest absolute Gasteiger partial charge is 0.458 e. The van der Waals surface area contributed by atoms with Crippen molar-refractivity contribution in [1.29, 1.82) is 0 Å². The number of nitrogens with one attached hydrogen (secondary N) is 3. The van der Waals surface area contributed by atoms with Crippen LogP contribution in [0.3, 0.4) is 0 Å². The summed E-state index contributed by atoms with van der Waals surface area (Å²) < 4.78 is 32.4. The molecule has 14 nitrogen and oxygen atoms in total. The van der Waals surface area contributed by atoms with Gasteiger partial charge in [-0.2, -0.15) is 0 Å². The summed E-state index contributed by atoms with van der Waals surface area (Å²) in [6, 6.07) is 2.42. The number of nitrogens with zero attached hydrogens (tertiary/aromatic N) is 2. The smallest absolute Gasteiger partial charge is 0.407 e. The Morgan fingerprint density at radius 2 is 1.94 bits per heavy atom. The topological polar surface area (TPSA) is 187 Å². The second kappa shape index (κ2) is 11.9. The van der Waals surface area contributed by atoms with Gasteiger partial charge in [-0.25, -0.2) is 19.0 Å². The lowest BCUT2D eigenvalue weighted by atomic mass is 9.77. The number of fused-ring (bicyclic) bond motifs is 5. The number of aromatic nitrogens is 2. The number of pyridine rings is 2. The van der Waals surface area contributed by atoms with Gasteiger partial charge in [0.25, 0.3) is 11.5 Å². The van der Waals surface area contributed by atoms with E-state index in [0.29, 0.717) is 53.7 Å². The number of esters is 1. The first-order valence-electron chi connectivity index (χ1n) is 16.3. The van der Waals surface area contributed by atoms with Gasteiger partial charge >= 0.3 is 12.1 Å². The van der Waals surface area contributed by atoms with Crippen LogP contribution in [0.2, 0.25) is 0 Å². The Bertz CT molecular complexity index is 2020. The van der Waals surface area contributed by atoms with E-state index in [1.165, 1.54) is 17.7 Å². The molecule has 0 spiro atoms. The third kappa shape index (κ3) is 5.05. The number of amides is 3. The number of hydrogen-bond acceptors (Lipinski definition) is 10. The summed E-state index contributed by atoms with van der Waals surface area (Å²) in [6.07, 6.45) is 1.75. The summed E-state index contributed by atoms with van der Waals surface area (Å²) in [6.45, 7) is 2.60. The molecule has 1 fully saturated rings. The van der Waals surface area contributed by atoms with Gasteiger partial charge in [-0.05, 0) is 68.2 Å². The number of aryl methyl sites for hydroxylation is 1. The molecule has 7 rings (SSSR count). The maximum Gasteiger partial charge on any atom is 0.407 e. The lowest BCUT2D eigenvalue weighted by Crippen LogP contribution is -2.56. The lowest BCUT2D eigenvalue weighted by Gasteiger charge is -2.41. The number of benzene rings is 1. The Balaban J connectivity index is 1.24. The number of alkyl carbamates (subject to hydrolysis) is 1. The first-order valence-corrected chi connectivity index (χ1v) is 16.3. The summed E-state index contributed by atoms with van der Waals surface area (Å²) in [5.74, 6) is -2.14. The first kappa shape index (κ1) is 32.6. The van der Waals surface area contributed by atoms with Crippen LogP contribution in [0.4, 0.5) is 9.18 Å². The van der Waals surface area contributed by atoms with Gasteiger partial charge in [0.15, 0.2) is 5.60 Å². The Morgan fingerprint density at radius 3 is 2.63 bits per heavy atom. The van der Waals surface area contributed by atoms with Gasteiger partial charge in [0, 0.05) is 22.6 Å². The maximum atomic E-state index is 15.3. The van der Waals surface area contributed by atoms with Crippen LogP contribution in [0.25, 0.3) is 22.3 Å². The number of carbonyl (C=O) groups excluding carboxylic acids is 4. The number of aliphatic hydroxyl groups is 1. The van der Waals surface area contributed by atoms with E-state index in [9.17, 15) is 29.1 Å². The quantitative estimate of drug-likeness (QED) is 0.159. The molecule has 4 aliphatic rings. The highest BCUT2D eigenvalue weighted by Crippen LogP contribution is 2.46. The molecule has 2 aliphatic heterocycles. The van der Waals surface area contributed by atoms with E-state index < -0.39 is 46.6 Å². The molecule has 1 saturated carbocycles. The normalized spacial score (nSPS) is 21.1. The van der Waals surface area contributed by atoms with Crippen molar-refractivity contribution in [3.63, 3.8) is 0 Å². The van der Waals surface area contributed by atoms with Gasteiger partial charge in [0.2, 0.25) is 5.91 Å². The fraction of sp³-hybridized carbons (Fsp3) is 0.471. The summed E-state index contributed by atoms with van der Waals surface area (Å²) >= 11 is 0. The molecule has 1 aromatic carbocycles. The highest BCUT2D eigenvalue weighted by Gasteiger charge is 2.48. The van der Waals surface area contributed by atoms with Crippen molar-refractivity contribution < 1.29 is 42.9 Å². The average Bonchev–Trinajstić information content (AvgIpc) is 3.44. The van der Waals surface area contributed by atoms with Crippen molar-refractivity contribution in [3.05, 3.63) is 61.7 Å². The Kier molecular flexibility index (Phi) is 7.94. The van der Waals surface area contributed by atoms with Gasteiger partial charge < -0.3 is 39.8 Å². The maximum absolute atomic E-state index is 15.3. The van der Waals surface area contributed by atoms with E-state index in [0.717, 1.165) is 22.9 Å². The number of cyclic esters (lactones) is 1. The molecule has 3 aromatic rings. The molecule has 2 aromatic heterocycles. The molecule has 15 heteroatoms. The van der Waals surface area contributed by atoms with Gasteiger partial charge in [0.05, 0.1) is 42.2 Å². The fourth-order valence-electron chi connectivity index (χ4n) is 7.47. The zero-order chi connectivity index (χ0) is 34.8. The lowest BCUT2D eigenvalue weighted by molar-refractivity contribution is -0.172. The minimum Gasteiger partial charge on any atom is -0.458 e. The third-order valence-corrected chi connectivity index (χ3v) is 10.5. The van der Waals surface area contributed by atoms with Crippen LogP contribution in [-0.2, 0) is 53.8 Å². The zero-order valence-electron chi connectivity index (χ0n) is 27.3. The molecular weight excluding hydrogens is 641 g/mol. The van der Waals surface area contributed by atoms with E-state index in [4.69, 9.17) is 14.5 Å². The standard InChI is InChI=1S/C34H36FN5O9/c1-4-34(46)20-10-24-28-18(13-40(24)29(42)19(20)14-48-31(34)44)27-22(7-6-17-16(2)21(35)11-23(38-28)26(17)27)39-30(43)33(8-5-9-33)49-15-37-25(41)12-36-32(45)47-3/h10-11,22,46H,4-9,12-15H2,1-3H3,(H,36,45)(H,37,41)(H,39,43)/t22-,34-/m0/s1. The van der Waals surface area contributed by atoms with Crippen LogP contribution >= 0.6 is 0 Å². The van der Waals surface area contributed by atoms with E-state index >= 15 is 4.39 Å². The van der Waals surface area contributed by atoms with E-state index in [2.05, 4.69) is 20.7 Å². The van der Waals surface area contributed by atoms with Crippen LogP contribution in [0.1, 0.15) is 78.5 Å². The highest BCUT2D eigenvalue weighted by atomic mass is 19.1. The number of ether oxygens (including phenoxy) is 3. The SMILES string of the molecule is CC[C@@]1(O)C(=O)OCc2c1cc1n(c2=O)Cc2c-1nc1cc(F)c(C)c3c1c2[C@@H](NC(=O)C1(OCNC(=O)CNC(=O)OC)CCC1)CC3. The number of methoxy groups -OCH3 is 1. The number of rotatable bonds is 8. The molecule has 49 heavy (non-hydrogen) atoms. The average molecular weight is 678 g/mol. The molecule has 0 bridgehead atoms. The second-order valence-electron chi connectivity index (χ2n) is 13.0. The fourth-order valence-corrected chi connectivity index (χ4v) is 7.47. The van der Waals surface area contributed by atoms with Crippen LogP contribution in [0.15, 0.2) is 16.9 Å². The molecule has 2 atom stereocenters. The van der Waals surface area contributed by atoms with Crippen LogP contribution < -0.4 is 21.5 Å². The summed E-state index contributed by atoms with van der Waals surface area (Å²) in [5, 5.41) is 20.0. The monoisotopic (exact) mass is 677 g/mol. The zero-order valence-corrected chi connectivity index (χ0v) is 27.3. The van der Waals surface area contributed by atoms with Crippen molar-refractivity contribution in [2.75, 3.05) is 20.4 Å². The van der Waals surface area contributed by atoms with Crippen molar-refractivity contribution in [2.24, 2.45) is 0 Å². The third-order valence-electron chi connectivity index (χ3n) is 10.5. The minimum atomic E-state index is -2.00. The van der Waals surface area contributed by atoms with Crippen LogP contribution in [0, 0.1) is 12.7 Å². The van der Waals surface area contributed by atoms with Crippen LogP contribution in [0.5, 0.6) is 0 Å². The van der Waals surface area contributed by atoms with Gasteiger partial charge in [0.1, 0.15) is 31.3 Å². The predicted molar refractivity (Wildman–Crippen MR) is 170 cm³/mol. The molecule has 0 unspecified atom stereocenters. The predicted octanol–water partition coefficient (Wildman–Crippen LogP) is 2.00. The Labute approximate surface area is 279 Å². The summed E-state index contributed by atoms with van der Waals surface area (Å²) in [5.41, 5.74) is 0.588.